The number of aromatic nitrogens is 1. The zero-order valence-corrected chi connectivity index (χ0v) is 17.1. The van der Waals surface area contributed by atoms with Crippen LogP contribution in [0.1, 0.15) is 33.1 Å². The number of hydrogen-bond acceptors (Lipinski definition) is 4. The molecule has 0 fully saturated rings. The third-order valence-electron chi connectivity index (χ3n) is 2.72. The van der Waals surface area contributed by atoms with Crippen LogP contribution in [-0.4, -0.2) is 36.8 Å². The zero-order chi connectivity index (χ0) is 14.6. The van der Waals surface area contributed by atoms with E-state index in [0.717, 1.165) is 41.5 Å². The molecule has 0 unspecified atom stereocenters. The molecular weight excluding hydrogens is 415 g/mol. The van der Waals surface area contributed by atoms with E-state index in [4.69, 9.17) is 0 Å². The number of thioether (sulfide) groups is 1. The fraction of sp³-hybridized carbons (Fsp3) is 0.714. The smallest absolute Gasteiger partial charge is 0.190 e. The lowest BCUT2D eigenvalue weighted by Gasteiger charge is -2.12. The fourth-order valence-electron chi connectivity index (χ4n) is 1.66. The average molecular weight is 442 g/mol. The molecule has 0 aliphatic rings. The Hall–Kier alpha value is -0.0200. The molecule has 7 heteroatoms. The molecule has 0 aliphatic heterocycles. The van der Waals surface area contributed by atoms with Crippen molar-refractivity contribution in [2.75, 3.05) is 25.9 Å². The molecule has 1 heterocycles. The van der Waals surface area contributed by atoms with Gasteiger partial charge in [0.2, 0.25) is 0 Å². The van der Waals surface area contributed by atoms with Gasteiger partial charge in [0.1, 0.15) is 4.34 Å². The Labute approximate surface area is 154 Å². The Bertz CT molecular complexity index is 369. The first-order valence-corrected chi connectivity index (χ1v) is 9.05. The van der Waals surface area contributed by atoms with Crippen LogP contribution in [0, 0.1) is 5.92 Å². The molecule has 0 spiro atoms. The highest BCUT2D eigenvalue weighted by Gasteiger charge is 1.99. The highest BCUT2D eigenvalue weighted by atomic mass is 127. The summed E-state index contributed by atoms with van der Waals surface area (Å²) in [6.07, 6.45) is 5.41. The molecule has 0 bridgehead atoms. The molecule has 1 aromatic heterocycles. The second kappa shape index (κ2) is 13.6. The van der Waals surface area contributed by atoms with Crippen molar-refractivity contribution >= 4 is 53.0 Å². The van der Waals surface area contributed by atoms with E-state index in [-0.39, 0.29) is 24.0 Å². The Morgan fingerprint density at radius 3 is 2.62 bits per heavy atom. The number of halogens is 1. The number of nitrogens with zero attached hydrogens (tertiary/aromatic N) is 2. The van der Waals surface area contributed by atoms with E-state index in [2.05, 4.69) is 34.5 Å². The number of rotatable bonds is 9. The molecule has 1 rings (SSSR count). The molecule has 21 heavy (non-hydrogen) atoms. The van der Waals surface area contributed by atoms with E-state index < -0.39 is 0 Å². The molecule has 0 amide bonds. The van der Waals surface area contributed by atoms with Crippen molar-refractivity contribution in [3.63, 3.8) is 0 Å². The minimum absolute atomic E-state index is 0. The van der Waals surface area contributed by atoms with Crippen LogP contribution in [0.25, 0.3) is 0 Å². The van der Waals surface area contributed by atoms with Crippen molar-refractivity contribution in [3.05, 3.63) is 11.6 Å². The average Bonchev–Trinajstić information content (AvgIpc) is 2.93. The first-order valence-electron chi connectivity index (χ1n) is 7.19. The highest BCUT2D eigenvalue weighted by molar-refractivity contribution is 14.0. The van der Waals surface area contributed by atoms with Crippen LogP contribution in [0.2, 0.25) is 0 Å². The van der Waals surface area contributed by atoms with E-state index in [9.17, 15) is 0 Å². The van der Waals surface area contributed by atoms with Crippen LogP contribution in [-0.2, 0) is 0 Å². The molecular formula is C14H27IN4S2. The van der Waals surface area contributed by atoms with Gasteiger partial charge in [-0.2, -0.15) is 0 Å². The molecule has 122 valence electrons. The van der Waals surface area contributed by atoms with Crippen molar-refractivity contribution in [2.45, 2.75) is 37.4 Å². The number of aliphatic imine (C=N–C) groups is 1. The van der Waals surface area contributed by atoms with E-state index in [0.29, 0.717) is 0 Å². The van der Waals surface area contributed by atoms with Crippen LogP contribution >= 0.6 is 47.1 Å². The lowest BCUT2D eigenvalue weighted by Crippen LogP contribution is -2.38. The predicted molar refractivity (Wildman–Crippen MR) is 106 cm³/mol. The summed E-state index contributed by atoms with van der Waals surface area (Å²) in [5.74, 6) is 2.77. The summed E-state index contributed by atoms with van der Waals surface area (Å²) in [4.78, 5) is 8.48. The standard InChI is InChI=1S/C14H26N4S2.HI/c1-12(2)6-4-7-16-13(15-3)17-8-5-10-19-14-18-9-11-20-14;/h9,11-12H,4-8,10H2,1-3H3,(H2,15,16,17);1H. The molecule has 4 nitrogen and oxygen atoms in total. The van der Waals surface area contributed by atoms with Gasteiger partial charge in [0.15, 0.2) is 5.96 Å². The molecule has 0 aromatic carbocycles. The van der Waals surface area contributed by atoms with E-state index >= 15 is 0 Å². The summed E-state index contributed by atoms with van der Waals surface area (Å²) in [5.41, 5.74) is 0. The van der Waals surface area contributed by atoms with Crippen LogP contribution in [0.5, 0.6) is 0 Å². The molecule has 0 saturated heterocycles. The van der Waals surface area contributed by atoms with Crippen LogP contribution in [0.3, 0.4) is 0 Å². The normalized spacial score (nSPS) is 11.3. The second-order valence-electron chi connectivity index (χ2n) is 4.96. The third-order valence-corrected chi connectivity index (χ3v) is 4.78. The van der Waals surface area contributed by atoms with Gasteiger partial charge in [-0.3, -0.25) is 4.99 Å². The van der Waals surface area contributed by atoms with E-state index in [1.54, 1.807) is 11.3 Å². The van der Waals surface area contributed by atoms with Crippen molar-refractivity contribution in [1.82, 2.24) is 15.6 Å². The summed E-state index contributed by atoms with van der Waals surface area (Å²) < 4.78 is 1.15. The topological polar surface area (TPSA) is 49.3 Å². The van der Waals surface area contributed by atoms with Crippen molar-refractivity contribution in [3.8, 4) is 0 Å². The summed E-state index contributed by atoms with van der Waals surface area (Å²) in [7, 11) is 1.82. The Morgan fingerprint density at radius 1 is 1.33 bits per heavy atom. The number of nitrogens with one attached hydrogen (secondary N) is 2. The second-order valence-corrected chi connectivity index (χ2v) is 7.20. The number of thiazole rings is 1. The summed E-state index contributed by atoms with van der Waals surface area (Å²) in [5, 5.41) is 8.71. The quantitative estimate of drug-likeness (QED) is 0.201. The van der Waals surface area contributed by atoms with Crippen LogP contribution < -0.4 is 10.6 Å². The van der Waals surface area contributed by atoms with Crippen molar-refractivity contribution in [2.24, 2.45) is 10.9 Å². The van der Waals surface area contributed by atoms with Crippen molar-refractivity contribution in [1.29, 1.82) is 0 Å². The molecule has 0 atom stereocenters. The third kappa shape index (κ3) is 11.2. The molecule has 0 radical (unpaired) electrons. The fourth-order valence-corrected chi connectivity index (χ4v) is 3.31. The predicted octanol–water partition coefficient (Wildman–Crippen LogP) is 3.84. The maximum atomic E-state index is 4.25. The van der Waals surface area contributed by atoms with Gasteiger partial charge in [0.25, 0.3) is 0 Å². The summed E-state index contributed by atoms with van der Waals surface area (Å²) in [6, 6.07) is 0. The van der Waals surface area contributed by atoms with Gasteiger partial charge in [-0.1, -0.05) is 25.6 Å². The van der Waals surface area contributed by atoms with Crippen molar-refractivity contribution < 1.29 is 0 Å². The summed E-state index contributed by atoms with van der Waals surface area (Å²) >= 11 is 3.52. The van der Waals surface area contributed by atoms with Gasteiger partial charge in [-0.15, -0.1) is 35.3 Å². The van der Waals surface area contributed by atoms with Gasteiger partial charge in [0.05, 0.1) is 0 Å². The van der Waals surface area contributed by atoms with Crippen LogP contribution in [0.4, 0.5) is 0 Å². The maximum absolute atomic E-state index is 4.25. The summed E-state index contributed by atoms with van der Waals surface area (Å²) in [6.45, 7) is 6.45. The molecule has 2 N–H and O–H groups in total. The highest BCUT2D eigenvalue weighted by Crippen LogP contribution is 2.20. The molecule has 0 saturated carbocycles. The number of hydrogen-bond donors (Lipinski definition) is 2. The van der Waals surface area contributed by atoms with E-state index in [1.165, 1.54) is 12.8 Å². The lowest BCUT2D eigenvalue weighted by atomic mass is 10.1. The first-order chi connectivity index (χ1) is 9.72. The zero-order valence-electron chi connectivity index (χ0n) is 13.1. The van der Waals surface area contributed by atoms with E-state index in [1.807, 2.05) is 30.4 Å². The lowest BCUT2D eigenvalue weighted by molar-refractivity contribution is 0.549. The van der Waals surface area contributed by atoms with Gasteiger partial charge < -0.3 is 10.6 Å². The van der Waals surface area contributed by atoms with Gasteiger partial charge in [-0.05, 0) is 25.2 Å². The number of guanidine groups is 1. The SMILES string of the molecule is CN=C(NCCCSc1nccs1)NCCCC(C)C.I. The van der Waals surface area contributed by atoms with Crippen LogP contribution in [0.15, 0.2) is 20.9 Å². The maximum Gasteiger partial charge on any atom is 0.190 e. The van der Waals surface area contributed by atoms with Gasteiger partial charge in [0, 0.05) is 37.5 Å². The van der Waals surface area contributed by atoms with Gasteiger partial charge >= 0.3 is 0 Å². The first kappa shape index (κ1) is 21.0. The monoisotopic (exact) mass is 442 g/mol. The Kier molecular flexibility index (Phi) is 13.6. The minimum atomic E-state index is 0. The molecule has 1 aromatic rings. The Morgan fingerprint density at radius 2 is 2.05 bits per heavy atom. The molecule has 0 aliphatic carbocycles. The largest absolute Gasteiger partial charge is 0.356 e. The minimum Gasteiger partial charge on any atom is -0.356 e. The Balaban J connectivity index is 0.00000400. The van der Waals surface area contributed by atoms with Gasteiger partial charge in [-0.25, -0.2) is 4.98 Å².